The van der Waals surface area contributed by atoms with Crippen molar-refractivity contribution in [2.45, 2.75) is 12.8 Å². The van der Waals surface area contributed by atoms with Crippen LogP contribution in [0.4, 0.5) is 4.79 Å². The van der Waals surface area contributed by atoms with E-state index >= 15 is 0 Å². The molecule has 0 bridgehead atoms. The molecule has 2 aromatic heterocycles. The summed E-state index contributed by atoms with van der Waals surface area (Å²) in [5.41, 5.74) is 3.45. The average Bonchev–Trinajstić information content (AvgIpc) is 3.36. The number of carbonyl (C=O) groups excluding carboxylic acids is 1. The van der Waals surface area contributed by atoms with Crippen molar-refractivity contribution in [2.75, 3.05) is 13.1 Å². The summed E-state index contributed by atoms with van der Waals surface area (Å²) < 4.78 is 1.97. The van der Waals surface area contributed by atoms with E-state index < -0.39 is 0 Å². The number of hydrogen-bond acceptors (Lipinski definition) is 3. The molecule has 1 aromatic carbocycles. The Bertz CT molecular complexity index is 885. The second-order valence-electron chi connectivity index (χ2n) is 5.70. The monoisotopic (exact) mass is 355 g/mol. The topological polar surface area (TPSA) is 37.6 Å². The largest absolute Gasteiger partial charge is 0.346 e. The molecule has 0 radical (unpaired) electrons. The normalized spacial score (nSPS) is 15.2. The van der Waals surface area contributed by atoms with Crippen molar-refractivity contribution in [1.29, 1.82) is 0 Å². The first-order valence-electron chi connectivity index (χ1n) is 7.94. The van der Waals surface area contributed by atoms with E-state index in [9.17, 15) is 4.79 Å². The molecule has 3 aromatic rings. The number of carbonyl (C=O) groups is 1. The maximum Gasteiger partial charge on any atom is 0.346 e. The summed E-state index contributed by atoms with van der Waals surface area (Å²) in [6, 6.07) is 10.3. The van der Waals surface area contributed by atoms with Crippen LogP contribution in [0, 0.1) is 0 Å². The van der Waals surface area contributed by atoms with Gasteiger partial charge in [0.2, 0.25) is 0 Å². The Balaban J connectivity index is 1.63. The number of thiophene rings is 1. The summed E-state index contributed by atoms with van der Waals surface area (Å²) in [6.07, 6.45) is 4.12. The molecule has 0 N–H and O–H groups in total. The number of hydrogen-bond donors (Lipinski definition) is 0. The lowest BCUT2D eigenvalue weighted by molar-refractivity contribution is 0.218. The zero-order chi connectivity index (χ0) is 16.4. The van der Waals surface area contributed by atoms with Crippen LogP contribution in [-0.4, -0.2) is 28.6 Å². The fourth-order valence-corrected chi connectivity index (χ4v) is 4.23. The zero-order valence-corrected chi connectivity index (χ0v) is 14.7. The van der Waals surface area contributed by atoms with Gasteiger partial charge in [-0.25, -0.2) is 4.79 Å². The molecule has 1 aliphatic rings. The third-order valence-electron chi connectivity index (χ3n) is 4.16. The Kier molecular flexibility index (Phi) is 4.32. The van der Waals surface area contributed by atoms with Crippen LogP contribution in [-0.2, 0) is 0 Å². The molecule has 4 rings (SSSR count). The summed E-state index contributed by atoms with van der Waals surface area (Å²) in [7, 11) is 0. The van der Waals surface area contributed by atoms with Gasteiger partial charge in [-0.05, 0) is 52.9 Å². The zero-order valence-electron chi connectivity index (χ0n) is 13.1. The van der Waals surface area contributed by atoms with Gasteiger partial charge in [0.1, 0.15) is 0 Å². The lowest BCUT2D eigenvalue weighted by Gasteiger charge is -2.10. The summed E-state index contributed by atoms with van der Waals surface area (Å²) in [4.78, 5) is 19.1. The van der Waals surface area contributed by atoms with Gasteiger partial charge in [0.05, 0.1) is 0 Å². The van der Waals surface area contributed by atoms with Gasteiger partial charge in [-0.3, -0.25) is 4.57 Å². The minimum Gasteiger partial charge on any atom is -0.323 e. The van der Waals surface area contributed by atoms with Gasteiger partial charge in [-0.2, -0.15) is 16.3 Å². The van der Waals surface area contributed by atoms with Crippen molar-refractivity contribution in [3.8, 4) is 16.8 Å². The quantitative estimate of drug-likeness (QED) is 0.672. The molecule has 0 unspecified atom stereocenters. The molecule has 0 spiro atoms. The number of rotatable bonds is 2. The van der Waals surface area contributed by atoms with Crippen LogP contribution in [0.1, 0.15) is 12.8 Å². The SMILES string of the molecule is O=C(N=c1sccn1-c1ccc(-c2ccsc2)cc1)N1CCCC1. The van der Waals surface area contributed by atoms with Crippen LogP contribution >= 0.6 is 22.7 Å². The summed E-state index contributed by atoms with van der Waals surface area (Å²) in [5, 5.41) is 6.18. The first-order chi connectivity index (χ1) is 11.8. The van der Waals surface area contributed by atoms with Crippen LogP contribution in [0.5, 0.6) is 0 Å². The summed E-state index contributed by atoms with van der Waals surface area (Å²) in [5.74, 6) is 0. The second kappa shape index (κ2) is 6.75. The van der Waals surface area contributed by atoms with Crippen molar-refractivity contribution < 1.29 is 4.79 Å². The Morgan fingerprint density at radius 1 is 1.00 bits per heavy atom. The molecule has 0 atom stereocenters. The standard InChI is InChI=1S/C18H17N3OS2/c22-17(20-8-1-2-9-20)19-18-21(10-12-24-18)16-5-3-14(4-6-16)15-7-11-23-13-15/h3-7,10-13H,1-2,8-9H2. The fourth-order valence-electron chi connectivity index (χ4n) is 2.85. The third kappa shape index (κ3) is 3.07. The molecule has 1 saturated heterocycles. The van der Waals surface area contributed by atoms with Crippen molar-refractivity contribution >= 4 is 28.7 Å². The lowest BCUT2D eigenvalue weighted by Crippen LogP contribution is -2.27. The van der Waals surface area contributed by atoms with Gasteiger partial charge < -0.3 is 4.90 Å². The maximum absolute atomic E-state index is 12.3. The molecule has 2 amide bonds. The van der Waals surface area contributed by atoms with Crippen LogP contribution in [0.3, 0.4) is 0 Å². The third-order valence-corrected chi connectivity index (χ3v) is 5.60. The van der Waals surface area contributed by atoms with E-state index in [1.807, 2.05) is 21.0 Å². The number of thiazole rings is 1. The Hall–Kier alpha value is -2.18. The molecule has 6 heteroatoms. The number of urea groups is 1. The van der Waals surface area contributed by atoms with E-state index in [4.69, 9.17) is 0 Å². The van der Waals surface area contributed by atoms with E-state index in [0.717, 1.165) is 36.4 Å². The summed E-state index contributed by atoms with van der Waals surface area (Å²) >= 11 is 3.18. The number of amides is 2. The van der Waals surface area contributed by atoms with Crippen molar-refractivity contribution in [1.82, 2.24) is 9.47 Å². The highest BCUT2D eigenvalue weighted by atomic mass is 32.1. The van der Waals surface area contributed by atoms with E-state index in [1.165, 1.54) is 22.5 Å². The van der Waals surface area contributed by atoms with Crippen LogP contribution in [0.2, 0.25) is 0 Å². The van der Waals surface area contributed by atoms with E-state index in [2.05, 4.69) is 46.1 Å². The molecular weight excluding hydrogens is 338 g/mol. The minimum absolute atomic E-state index is 0.126. The van der Waals surface area contributed by atoms with Gasteiger partial charge in [-0.15, -0.1) is 11.3 Å². The highest BCUT2D eigenvalue weighted by Crippen LogP contribution is 2.23. The molecule has 3 heterocycles. The molecule has 4 nitrogen and oxygen atoms in total. The molecule has 1 aliphatic heterocycles. The van der Waals surface area contributed by atoms with Gasteiger partial charge in [0.15, 0.2) is 4.80 Å². The van der Waals surface area contributed by atoms with Crippen molar-refractivity contribution in [3.05, 3.63) is 57.5 Å². The van der Waals surface area contributed by atoms with Gasteiger partial charge in [-0.1, -0.05) is 12.1 Å². The molecule has 0 aliphatic carbocycles. The Labute approximate surface area is 148 Å². The average molecular weight is 355 g/mol. The lowest BCUT2D eigenvalue weighted by atomic mass is 10.1. The highest BCUT2D eigenvalue weighted by molar-refractivity contribution is 7.08. The summed E-state index contributed by atoms with van der Waals surface area (Å²) in [6.45, 7) is 1.64. The first kappa shape index (κ1) is 15.4. The van der Waals surface area contributed by atoms with E-state index in [0.29, 0.717) is 0 Å². The van der Waals surface area contributed by atoms with Crippen LogP contribution in [0.25, 0.3) is 16.8 Å². The van der Waals surface area contributed by atoms with Gasteiger partial charge in [0.25, 0.3) is 0 Å². The molecule has 1 fully saturated rings. The number of aromatic nitrogens is 1. The second-order valence-corrected chi connectivity index (χ2v) is 7.36. The Morgan fingerprint density at radius 2 is 1.79 bits per heavy atom. The minimum atomic E-state index is -0.126. The van der Waals surface area contributed by atoms with Gasteiger partial charge in [0, 0.05) is 30.4 Å². The highest BCUT2D eigenvalue weighted by Gasteiger charge is 2.17. The molecular formula is C18H17N3OS2. The molecule has 122 valence electrons. The smallest absolute Gasteiger partial charge is 0.323 e. The molecule has 0 saturated carbocycles. The first-order valence-corrected chi connectivity index (χ1v) is 9.76. The fraction of sp³-hybridized carbons (Fsp3) is 0.222. The van der Waals surface area contributed by atoms with Crippen LogP contribution in [0.15, 0.2) is 57.7 Å². The molecule has 24 heavy (non-hydrogen) atoms. The Morgan fingerprint density at radius 3 is 2.50 bits per heavy atom. The number of likely N-dealkylation sites (tertiary alicyclic amines) is 1. The van der Waals surface area contributed by atoms with Gasteiger partial charge >= 0.3 is 6.03 Å². The van der Waals surface area contributed by atoms with E-state index in [1.54, 1.807) is 11.3 Å². The van der Waals surface area contributed by atoms with Crippen LogP contribution < -0.4 is 4.80 Å². The maximum atomic E-state index is 12.3. The number of nitrogens with zero attached hydrogens (tertiary/aromatic N) is 3. The van der Waals surface area contributed by atoms with Crippen molar-refractivity contribution in [2.24, 2.45) is 4.99 Å². The predicted octanol–water partition coefficient (Wildman–Crippen LogP) is 4.38. The predicted molar refractivity (Wildman–Crippen MR) is 98.7 cm³/mol. The number of benzene rings is 1. The van der Waals surface area contributed by atoms with Crippen molar-refractivity contribution in [3.63, 3.8) is 0 Å². The van der Waals surface area contributed by atoms with E-state index in [-0.39, 0.29) is 6.03 Å².